The van der Waals surface area contributed by atoms with Crippen molar-refractivity contribution in [2.45, 2.75) is 31.2 Å². The summed E-state index contributed by atoms with van der Waals surface area (Å²) >= 11 is 0. The molecule has 0 aliphatic heterocycles. The van der Waals surface area contributed by atoms with Crippen LogP contribution in [-0.4, -0.2) is 35.8 Å². The number of carboxylic acids is 1. The lowest BCUT2D eigenvalue weighted by atomic mass is 10.1. The highest BCUT2D eigenvalue weighted by Gasteiger charge is 2.19. The zero-order valence-corrected chi connectivity index (χ0v) is 13.6. The molecule has 0 unspecified atom stereocenters. The van der Waals surface area contributed by atoms with Crippen LogP contribution < -0.4 is 4.72 Å². The first-order chi connectivity index (χ1) is 10.9. The molecule has 124 valence electrons. The van der Waals surface area contributed by atoms with E-state index >= 15 is 0 Å². The van der Waals surface area contributed by atoms with Crippen molar-refractivity contribution in [2.24, 2.45) is 0 Å². The van der Waals surface area contributed by atoms with E-state index in [1.165, 1.54) is 12.1 Å². The van der Waals surface area contributed by atoms with Crippen molar-refractivity contribution in [2.75, 3.05) is 6.54 Å². The Kier molecular flexibility index (Phi) is 5.51. The van der Waals surface area contributed by atoms with Gasteiger partial charge in [0.2, 0.25) is 10.0 Å². The number of sulfonamides is 1. The van der Waals surface area contributed by atoms with Crippen LogP contribution in [0.4, 0.5) is 0 Å². The maximum atomic E-state index is 12.4. The Morgan fingerprint density at radius 3 is 2.78 bits per heavy atom. The molecule has 2 rings (SSSR count). The lowest BCUT2D eigenvalue weighted by Crippen LogP contribution is -2.27. The van der Waals surface area contributed by atoms with Crippen molar-refractivity contribution in [3.05, 3.63) is 47.8 Å². The van der Waals surface area contributed by atoms with Crippen LogP contribution in [0.1, 0.15) is 29.3 Å². The predicted molar refractivity (Wildman–Crippen MR) is 84.8 cm³/mol. The normalized spacial score (nSPS) is 11.5. The second-order valence-corrected chi connectivity index (χ2v) is 6.74. The highest BCUT2D eigenvalue weighted by Crippen LogP contribution is 2.18. The van der Waals surface area contributed by atoms with Crippen LogP contribution >= 0.6 is 0 Å². The molecule has 0 atom stereocenters. The molecule has 0 radical (unpaired) electrons. The smallest absolute Gasteiger partial charge is 0.335 e. The van der Waals surface area contributed by atoms with Gasteiger partial charge in [-0.15, -0.1) is 0 Å². The van der Waals surface area contributed by atoms with E-state index in [4.69, 9.17) is 5.11 Å². The minimum Gasteiger partial charge on any atom is -0.478 e. The van der Waals surface area contributed by atoms with Gasteiger partial charge in [-0.25, -0.2) is 17.9 Å². The summed E-state index contributed by atoms with van der Waals surface area (Å²) in [6.45, 7) is 2.68. The summed E-state index contributed by atoms with van der Waals surface area (Å²) in [4.78, 5) is 11.1. The average Bonchev–Trinajstić information content (AvgIpc) is 3.04. The third-order valence-electron chi connectivity index (χ3n) is 3.40. The maximum absolute atomic E-state index is 12.4. The molecule has 0 saturated carbocycles. The molecular formula is C15H19N3O4S. The number of benzene rings is 1. The van der Waals surface area contributed by atoms with Gasteiger partial charge in [0.15, 0.2) is 0 Å². The van der Waals surface area contributed by atoms with Gasteiger partial charge in [0, 0.05) is 25.5 Å². The summed E-state index contributed by atoms with van der Waals surface area (Å²) in [7, 11) is -3.74. The fourth-order valence-corrected chi connectivity index (χ4v) is 3.60. The average molecular weight is 337 g/mol. The second kappa shape index (κ2) is 7.38. The monoisotopic (exact) mass is 337 g/mol. The van der Waals surface area contributed by atoms with Gasteiger partial charge in [0.25, 0.3) is 0 Å². The van der Waals surface area contributed by atoms with E-state index in [-0.39, 0.29) is 17.0 Å². The fraction of sp³-hybridized carbons (Fsp3) is 0.333. The van der Waals surface area contributed by atoms with E-state index in [0.717, 1.165) is 0 Å². The zero-order chi connectivity index (χ0) is 16.9. The molecule has 2 N–H and O–H groups in total. The molecule has 2 aromatic rings. The van der Waals surface area contributed by atoms with Gasteiger partial charge in [-0.05, 0) is 36.6 Å². The first-order valence-corrected chi connectivity index (χ1v) is 8.75. The van der Waals surface area contributed by atoms with E-state index < -0.39 is 16.0 Å². The van der Waals surface area contributed by atoms with Crippen LogP contribution in [0.25, 0.3) is 0 Å². The van der Waals surface area contributed by atoms with Crippen molar-refractivity contribution in [3.8, 4) is 0 Å². The van der Waals surface area contributed by atoms with Gasteiger partial charge in [0.05, 0.1) is 10.5 Å². The summed E-state index contributed by atoms with van der Waals surface area (Å²) in [5, 5.41) is 13.1. The molecule has 0 aliphatic rings. The van der Waals surface area contributed by atoms with Crippen molar-refractivity contribution < 1.29 is 18.3 Å². The molecule has 0 bridgehead atoms. The van der Waals surface area contributed by atoms with E-state index in [1.54, 1.807) is 29.2 Å². The van der Waals surface area contributed by atoms with Crippen molar-refractivity contribution >= 4 is 16.0 Å². The minimum atomic E-state index is -3.74. The molecule has 1 aromatic heterocycles. The van der Waals surface area contributed by atoms with Crippen molar-refractivity contribution in [1.29, 1.82) is 0 Å². The summed E-state index contributed by atoms with van der Waals surface area (Å²) in [5.41, 5.74) is 0.550. The lowest BCUT2D eigenvalue weighted by Gasteiger charge is -2.11. The molecule has 0 spiro atoms. The number of aryl methyl sites for hydroxylation is 2. The van der Waals surface area contributed by atoms with Crippen LogP contribution in [0.2, 0.25) is 0 Å². The SMILES string of the molecule is CCc1ccc(C(=O)O)cc1S(=O)(=O)NCCCn1cccn1. The van der Waals surface area contributed by atoms with Crippen LogP contribution in [0.15, 0.2) is 41.6 Å². The number of carboxylic acid groups (broad SMARTS) is 1. The number of nitrogens with zero attached hydrogens (tertiary/aromatic N) is 2. The molecule has 23 heavy (non-hydrogen) atoms. The van der Waals surface area contributed by atoms with E-state index in [0.29, 0.717) is 24.9 Å². The Balaban J connectivity index is 2.08. The van der Waals surface area contributed by atoms with Gasteiger partial charge in [-0.1, -0.05) is 13.0 Å². The Labute approximate surface area is 135 Å². The quantitative estimate of drug-likeness (QED) is 0.711. The molecule has 0 aliphatic carbocycles. The number of carbonyl (C=O) groups is 1. The van der Waals surface area contributed by atoms with Gasteiger partial charge >= 0.3 is 5.97 Å². The number of nitrogens with one attached hydrogen (secondary N) is 1. The summed E-state index contributed by atoms with van der Waals surface area (Å²) < 4.78 is 29.1. The fourth-order valence-electron chi connectivity index (χ4n) is 2.19. The summed E-state index contributed by atoms with van der Waals surface area (Å²) in [6.07, 6.45) is 4.56. The lowest BCUT2D eigenvalue weighted by molar-refractivity contribution is 0.0696. The first kappa shape index (κ1) is 17.2. The highest BCUT2D eigenvalue weighted by molar-refractivity contribution is 7.89. The molecule has 0 saturated heterocycles. The number of hydrogen-bond acceptors (Lipinski definition) is 4. The third-order valence-corrected chi connectivity index (χ3v) is 4.94. The van der Waals surface area contributed by atoms with Gasteiger partial charge in [0.1, 0.15) is 0 Å². The number of hydrogen-bond donors (Lipinski definition) is 2. The molecule has 8 heteroatoms. The minimum absolute atomic E-state index is 0.0268. The molecule has 1 heterocycles. The second-order valence-electron chi connectivity index (χ2n) is 5.00. The molecular weight excluding hydrogens is 318 g/mol. The Bertz CT molecular complexity index is 770. The molecule has 0 fully saturated rings. The van der Waals surface area contributed by atoms with Crippen LogP contribution in [0, 0.1) is 0 Å². The standard InChI is InChI=1S/C15H19N3O4S/c1-2-12-5-6-13(15(19)20)11-14(12)23(21,22)17-8-4-10-18-9-3-7-16-18/h3,5-7,9,11,17H,2,4,8,10H2,1H3,(H,19,20). The van der Waals surface area contributed by atoms with Gasteiger partial charge in [-0.3, -0.25) is 4.68 Å². The van der Waals surface area contributed by atoms with Crippen LogP contribution in [0.5, 0.6) is 0 Å². The van der Waals surface area contributed by atoms with Crippen LogP contribution in [0.3, 0.4) is 0 Å². The van der Waals surface area contributed by atoms with E-state index in [2.05, 4.69) is 9.82 Å². The Morgan fingerprint density at radius 1 is 1.39 bits per heavy atom. The Hall–Kier alpha value is -2.19. The van der Waals surface area contributed by atoms with Crippen LogP contribution in [-0.2, 0) is 23.0 Å². The molecule has 7 nitrogen and oxygen atoms in total. The first-order valence-electron chi connectivity index (χ1n) is 7.27. The van der Waals surface area contributed by atoms with Gasteiger partial charge < -0.3 is 5.11 Å². The predicted octanol–water partition coefficient (Wildman–Crippen LogP) is 1.51. The Morgan fingerprint density at radius 2 is 2.17 bits per heavy atom. The van der Waals surface area contributed by atoms with E-state index in [1.807, 2.05) is 6.92 Å². The number of rotatable bonds is 8. The highest BCUT2D eigenvalue weighted by atomic mass is 32.2. The largest absolute Gasteiger partial charge is 0.478 e. The molecule has 1 aromatic carbocycles. The maximum Gasteiger partial charge on any atom is 0.335 e. The van der Waals surface area contributed by atoms with Gasteiger partial charge in [-0.2, -0.15) is 5.10 Å². The number of aromatic carboxylic acids is 1. The van der Waals surface area contributed by atoms with E-state index in [9.17, 15) is 13.2 Å². The molecule has 0 amide bonds. The van der Waals surface area contributed by atoms with Crippen molar-refractivity contribution in [1.82, 2.24) is 14.5 Å². The third kappa shape index (κ3) is 4.40. The zero-order valence-electron chi connectivity index (χ0n) is 12.8. The number of aromatic nitrogens is 2. The summed E-state index contributed by atoms with van der Waals surface area (Å²) in [6, 6.07) is 5.96. The van der Waals surface area contributed by atoms with Crippen molar-refractivity contribution in [3.63, 3.8) is 0 Å². The topological polar surface area (TPSA) is 101 Å². The summed E-state index contributed by atoms with van der Waals surface area (Å²) in [5.74, 6) is -1.15.